The normalized spacial score (nSPS) is 14.2. The molecule has 4 rings (SSSR count). The van der Waals surface area contributed by atoms with Crippen LogP contribution in [-0.2, 0) is 11.3 Å². The quantitative estimate of drug-likeness (QED) is 0.737. The highest BCUT2D eigenvalue weighted by Crippen LogP contribution is 2.21. The van der Waals surface area contributed by atoms with Crippen molar-refractivity contribution in [2.45, 2.75) is 19.4 Å². The molecule has 0 bridgehead atoms. The molecule has 0 saturated carbocycles. The van der Waals surface area contributed by atoms with E-state index in [-0.39, 0.29) is 18.0 Å². The van der Waals surface area contributed by atoms with Crippen LogP contribution in [0.1, 0.15) is 18.4 Å². The maximum atomic E-state index is 12.3. The van der Waals surface area contributed by atoms with Crippen molar-refractivity contribution in [3.8, 4) is 0 Å². The van der Waals surface area contributed by atoms with Crippen molar-refractivity contribution in [3.63, 3.8) is 0 Å². The maximum Gasteiger partial charge on any atom is 0.253 e. The zero-order chi connectivity index (χ0) is 18.1. The van der Waals surface area contributed by atoms with Crippen molar-refractivity contribution in [3.05, 3.63) is 57.5 Å². The van der Waals surface area contributed by atoms with Crippen molar-refractivity contribution < 1.29 is 4.79 Å². The van der Waals surface area contributed by atoms with Gasteiger partial charge in [0.15, 0.2) is 0 Å². The third-order valence-electron chi connectivity index (χ3n) is 4.33. The van der Waals surface area contributed by atoms with Gasteiger partial charge in [0.25, 0.3) is 5.56 Å². The summed E-state index contributed by atoms with van der Waals surface area (Å²) in [6, 6.07) is 8.95. The molecule has 132 valence electrons. The number of carbonyl (C=O) groups is 1. The number of carbonyl (C=O) groups excluding carboxylic acids is 1. The molecule has 0 spiro atoms. The largest absolute Gasteiger partial charge is 0.350 e. The molecule has 1 aromatic carbocycles. The molecule has 2 N–H and O–H groups in total. The molecule has 0 aliphatic carbocycles. The first kappa shape index (κ1) is 16.5. The van der Waals surface area contributed by atoms with Gasteiger partial charge >= 0.3 is 0 Å². The number of hydrogen-bond donors (Lipinski definition) is 2. The molecule has 0 radical (unpaired) electrons. The number of nitrogens with one attached hydrogen (secondary N) is 2. The van der Waals surface area contributed by atoms with Crippen LogP contribution in [0.4, 0.5) is 11.8 Å². The van der Waals surface area contributed by atoms with Gasteiger partial charge in [-0.3, -0.25) is 14.5 Å². The van der Waals surface area contributed by atoms with Crippen LogP contribution >= 0.6 is 11.6 Å². The number of hydrogen-bond acceptors (Lipinski definition) is 5. The molecule has 2 aromatic heterocycles. The fourth-order valence-corrected chi connectivity index (χ4v) is 3.25. The van der Waals surface area contributed by atoms with Crippen molar-refractivity contribution in [1.82, 2.24) is 15.0 Å². The lowest BCUT2D eigenvalue weighted by molar-refractivity contribution is -0.117. The Bertz CT molecular complexity index is 1050. The number of aromatic nitrogens is 3. The van der Waals surface area contributed by atoms with Crippen molar-refractivity contribution in [2.24, 2.45) is 0 Å². The number of para-hydroxylation sites is 1. The number of benzene rings is 1. The number of H-pyrrole nitrogens is 1. The summed E-state index contributed by atoms with van der Waals surface area (Å²) in [6.45, 7) is 0.926. The Morgan fingerprint density at radius 1 is 1.27 bits per heavy atom. The molecule has 1 aliphatic rings. The molecule has 3 aromatic rings. The Hall–Kier alpha value is -2.93. The second-order valence-corrected chi connectivity index (χ2v) is 6.48. The van der Waals surface area contributed by atoms with Gasteiger partial charge in [-0.25, -0.2) is 4.98 Å². The minimum absolute atomic E-state index is 0.0671. The molecule has 1 fully saturated rings. The van der Waals surface area contributed by atoms with Crippen LogP contribution in [0.2, 0.25) is 5.02 Å². The topological polar surface area (TPSA) is 91.0 Å². The number of aromatic amines is 1. The van der Waals surface area contributed by atoms with Crippen LogP contribution in [0.5, 0.6) is 0 Å². The van der Waals surface area contributed by atoms with E-state index in [0.29, 0.717) is 40.8 Å². The van der Waals surface area contributed by atoms with Crippen LogP contribution in [0, 0.1) is 0 Å². The van der Waals surface area contributed by atoms with E-state index in [9.17, 15) is 9.59 Å². The number of fused-ring (bicyclic) bond motifs is 1. The van der Waals surface area contributed by atoms with Gasteiger partial charge in [-0.05, 0) is 24.6 Å². The molecule has 1 amide bonds. The minimum Gasteiger partial charge on any atom is -0.350 e. The maximum absolute atomic E-state index is 12.3. The first-order chi connectivity index (χ1) is 12.6. The first-order valence-electron chi connectivity index (χ1n) is 8.29. The second-order valence-electron chi connectivity index (χ2n) is 6.07. The Kier molecular flexibility index (Phi) is 4.30. The number of pyridine rings is 1. The summed E-state index contributed by atoms with van der Waals surface area (Å²) < 4.78 is 0. The van der Waals surface area contributed by atoms with Gasteiger partial charge in [0, 0.05) is 36.7 Å². The van der Waals surface area contributed by atoms with E-state index in [1.807, 2.05) is 12.1 Å². The lowest BCUT2D eigenvalue weighted by Gasteiger charge is -2.15. The van der Waals surface area contributed by atoms with E-state index in [2.05, 4.69) is 20.3 Å². The van der Waals surface area contributed by atoms with Gasteiger partial charge in [-0.1, -0.05) is 23.7 Å². The van der Waals surface area contributed by atoms with Gasteiger partial charge in [0.05, 0.1) is 10.5 Å². The van der Waals surface area contributed by atoms with E-state index >= 15 is 0 Å². The summed E-state index contributed by atoms with van der Waals surface area (Å²) in [5.41, 5.74) is 0.948. The second kappa shape index (κ2) is 6.76. The highest BCUT2D eigenvalue weighted by molar-refractivity contribution is 6.35. The summed E-state index contributed by atoms with van der Waals surface area (Å²) in [5, 5.41) is 4.40. The fraction of sp³-hybridized carbons (Fsp3) is 0.222. The molecular weight excluding hydrogens is 354 g/mol. The Balaban J connectivity index is 1.56. The third-order valence-corrected chi connectivity index (χ3v) is 4.65. The fourth-order valence-electron chi connectivity index (χ4n) is 3.02. The highest BCUT2D eigenvalue weighted by atomic mass is 35.5. The zero-order valence-corrected chi connectivity index (χ0v) is 14.6. The van der Waals surface area contributed by atoms with Crippen LogP contribution in [0.15, 0.2) is 41.3 Å². The van der Waals surface area contributed by atoms with E-state index in [0.717, 1.165) is 11.8 Å². The minimum atomic E-state index is -0.219. The first-order valence-corrected chi connectivity index (χ1v) is 8.67. The summed E-state index contributed by atoms with van der Waals surface area (Å²) in [5.74, 6) is 1.01. The predicted molar refractivity (Wildman–Crippen MR) is 101 cm³/mol. The standard InChI is InChI=1S/C18H16ClN5O2/c19-13-4-1-3-11-9-12(17(26)23-16(11)13)10-21-18-20-7-6-14(22-18)24-8-2-5-15(24)25/h1,3-4,6-7,9H,2,5,8,10H2,(H,23,26)(H,20,21,22). The molecule has 0 atom stereocenters. The molecule has 8 heteroatoms. The number of halogens is 1. The van der Waals surface area contributed by atoms with Crippen molar-refractivity contribution in [2.75, 3.05) is 16.8 Å². The lowest BCUT2D eigenvalue weighted by atomic mass is 10.1. The summed E-state index contributed by atoms with van der Waals surface area (Å²) in [6.07, 6.45) is 2.98. The van der Waals surface area contributed by atoms with Gasteiger partial charge in [-0.2, -0.15) is 4.98 Å². The van der Waals surface area contributed by atoms with Crippen LogP contribution in [0.25, 0.3) is 10.9 Å². The highest BCUT2D eigenvalue weighted by Gasteiger charge is 2.23. The van der Waals surface area contributed by atoms with Crippen molar-refractivity contribution >= 4 is 40.2 Å². The van der Waals surface area contributed by atoms with Crippen LogP contribution in [-0.4, -0.2) is 27.4 Å². The summed E-state index contributed by atoms with van der Waals surface area (Å²) in [4.78, 5) is 37.1. The summed E-state index contributed by atoms with van der Waals surface area (Å²) >= 11 is 6.11. The molecule has 26 heavy (non-hydrogen) atoms. The number of rotatable bonds is 4. The van der Waals surface area contributed by atoms with E-state index < -0.39 is 0 Å². The number of amides is 1. The number of anilines is 2. The smallest absolute Gasteiger partial charge is 0.253 e. The number of nitrogens with zero attached hydrogens (tertiary/aromatic N) is 3. The molecule has 7 nitrogen and oxygen atoms in total. The molecule has 3 heterocycles. The third kappa shape index (κ3) is 3.13. The Morgan fingerprint density at radius 2 is 2.15 bits per heavy atom. The van der Waals surface area contributed by atoms with Gasteiger partial charge in [0.1, 0.15) is 5.82 Å². The monoisotopic (exact) mass is 369 g/mol. The zero-order valence-electron chi connectivity index (χ0n) is 13.8. The summed E-state index contributed by atoms with van der Waals surface area (Å²) in [7, 11) is 0. The van der Waals surface area contributed by atoms with Crippen LogP contribution < -0.4 is 15.8 Å². The van der Waals surface area contributed by atoms with Crippen LogP contribution in [0.3, 0.4) is 0 Å². The van der Waals surface area contributed by atoms with E-state index in [1.165, 1.54) is 0 Å². The van der Waals surface area contributed by atoms with Gasteiger partial charge in [-0.15, -0.1) is 0 Å². The molecule has 0 unspecified atom stereocenters. The molecule has 1 aliphatic heterocycles. The van der Waals surface area contributed by atoms with Gasteiger partial charge < -0.3 is 10.3 Å². The Morgan fingerprint density at radius 3 is 2.96 bits per heavy atom. The average molecular weight is 370 g/mol. The van der Waals surface area contributed by atoms with Gasteiger partial charge in [0.2, 0.25) is 11.9 Å². The van der Waals surface area contributed by atoms with E-state index in [1.54, 1.807) is 29.3 Å². The molecule has 1 saturated heterocycles. The lowest BCUT2D eigenvalue weighted by Crippen LogP contribution is -2.25. The Labute approximate surface area is 154 Å². The van der Waals surface area contributed by atoms with E-state index in [4.69, 9.17) is 11.6 Å². The molecular formula is C18H16ClN5O2. The average Bonchev–Trinajstić information content (AvgIpc) is 3.07. The predicted octanol–water partition coefficient (Wildman–Crippen LogP) is 2.71. The SMILES string of the molecule is O=C1CCCN1c1ccnc(NCc2cc3cccc(Cl)c3[nH]c2=O)n1. The van der Waals surface area contributed by atoms with Crippen molar-refractivity contribution in [1.29, 1.82) is 0 Å².